The minimum Gasteiger partial charge on any atom is -0.492 e. The van der Waals surface area contributed by atoms with E-state index in [9.17, 15) is 18.0 Å². The molecule has 0 bridgehead atoms. The van der Waals surface area contributed by atoms with E-state index < -0.39 is 18.2 Å². The number of hydrogen-bond donors (Lipinski definition) is 4. The molecular weight excluding hydrogens is 577 g/mol. The zero-order chi connectivity index (χ0) is 31.8. The fraction of sp³-hybridized carbons (Fsp3) is 0.258. The molecule has 10 nitrogen and oxygen atoms in total. The lowest BCUT2D eigenvalue weighted by Gasteiger charge is -2.20. The fourth-order valence-corrected chi connectivity index (χ4v) is 3.79. The predicted molar refractivity (Wildman–Crippen MR) is 159 cm³/mol. The second-order valence-electron chi connectivity index (χ2n) is 9.36. The first kappa shape index (κ1) is 33.3. The van der Waals surface area contributed by atoms with Gasteiger partial charge in [0.05, 0.1) is 6.54 Å². The Labute approximate surface area is 252 Å². The van der Waals surface area contributed by atoms with E-state index in [1.165, 1.54) is 0 Å². The van der Waals surface area contributed by atoms with Crippen LogP contribution in [0.4, 0.5) is 24.9 Å². The third kappa shape index (κ3) is 12.3. The topological polar surface area (TPSA) is 138 Å². The number of aryl methyl sites for hydroxylation is 1. The molecular formula is C31H33F3N6O4. The van der Waals surface area contributed by atoms with E-state index in [1.807, 2.05) is 91.9 Å². The summed E-state index contributed by atoms with van der Waals surface area (Å²) >= 11 is 0. The van der Waals surface area contributed by atoms with Gasteiger partial charge in [-0.15, -0.1) is 0 Å². The lowest BCUT2D eigenvalue weighted by atomic mass is 10.1. The number of nitrogens with one attached hydrogen (secondary N) is 3. The number of alkyl halides is 3. The molecule has 2 aromatic carbocycles. The summed E-state index contributed by atoms with van der Waals surface area (Å²) in [6, 6.07) is 26.6. The second kappa shape index (κ2) is 17.0. The first-order valence-corrected chi connectivity index (χ1v) is 13.7. The van der Waals surface area contributed by atoms with Crippen molar-refractivity contribution in [2.75, 3.05) is 30.3 Å². The van der Waals surface area contributed by atoms with Gasteiger partial charge in [0.15, 0.2) is 0 Å². The second-order valence-corrected chi connectivity index (χ2v) is 9.36. The predicted octanol–water partition coefficient (Wildman–Crippen LogP) is 4.69. The third-order valence-corrected chi connectivity index (χ3v) is 5.82. The zero-order valence-electron chi connectivity index (χ0n) is 23.9. The molecule has 2 aromatic heterocycles. The monoisotopic (exact) mass is 610 g/mol. The highest BCUT2D eigenvalue weighted by Crippen LogP contribution is 2.15. The van der Waals surface area contributed by atoms with Gasteiger partial charge in [-0.25, -0.2) is 9.78 Å². The molecule has 0 radical (unpaired) electrons. The molecule has 1 atom stereocenters. The lowest BCUT2D eigenvalue weighted by Crippen LogP contribution is -2.42. The van der Waals surface area contributed by atoms with Gasteiger partial charge in [0, 0.05) is 43.0 Å². The number of carboxylic acids is 1. The van der Waals surface area contributed by atoms with Crippen LogP contribution in [0.25, 0.3) is 0 Å². The number of ether oxygens (including phenoxy) is 1. The number of aromatic nitrogens is 3. The molecule has 0 saturated carbocycles. The van der Waals surface area contributed by atoms with Crippen LogP contribution < -0.4 is 20.7 Å². The third-order valence-electron chi connectivity index (χ3n) is 5.82. The SMILES string of the molecule is Cc1cc(N[C@@H](Cc2ccccc2)C(=O)NCCOc2ccccc2)nc(NCCc2ccccn2)n1.O=C(O)C(F)(F)F. The molecule has 4 rings (SSSR count). The molecule has 0 aliphatic heterocycles. The minimum atomic E-state index is -5.08. The van der Waals surface area contributed by atoms with Crippen molar-refractivity contribution < 1.29 is 32.6 Å². The number of nitrogens with zero attached hydrogens (tertiary/aromatic N) is 3. The molecule has 0 saturated heterocycles. The van der Waals surface area contributed by atoms with E-state index in [0.29, 0.717) is 37.9 Å². The molecule has 232 valence electrons. The van der Waals surface area contributed by atoms with E-state index in [2.05, 4.69) is 30.9 Å². The number of carbonyl (C=O) groups is 2. The standard InChI is InChI=1S/C29H32N6O2.C2HF3O2/c1-22-20-27(35-29(33-22)32-17-15-24-12-8-9-16-30-24)34-26(21-23-10-4-2-5-11-23)28(36)31-18-19-37-25-13-6-3-7-14-25;3-2(4,5)1(6)7/h2-14,16,20,26H,15,17-19,21H2,1H3,(H,31,36)(H2,32,33,34,35);(H,6,7)/t26-;/m0./s1. The molecule has 4 N–H and O–H groups in total. The van der Waals surface area contributed by atoms with Crippen molar-refractivity contribution in [1.82, 2.24) is 20.3 Å². The number of halogens is 3. The summed E-state index contributed by atoms with van der Waals surface area (Å²) in [7, 11) is 0. The Bertz CT molecular complexity index is 1450. The number of benzene rings is 2. The number of pyridine rings is 1. The Morgan fingerprint density at radius 3 is 2.23 bits per heavy atom. The Morgan fingerprint density at radius 2 is 1.59 bits per heavy atom. The van der Waals surface area contributed by atoms with Crippen LogP contribution in [0.15, 0.2) is 91.1 Å². The van der Waals surface area contributed by atoms with Crippen LogP contribution in [0.5, 0.6) is 5.75 Å². The molecule has 13 heteroatoms. The molecule has 2 heterocycles. The summed E-state index contributed by atoms with van der Waals surface area (Å²) in [6.45, 7) is 3.33. The van der Waals surface area contributed by atoms with Crippen LogP contribution in [0.3, 0.4) is 0 Å². The molecule has 0 fully saturated rings. The maximum atomic E-state index is 13.2. The highest BCUT2D eigenvalue weighted by molar-refractivity contribution is 5.84. The first-order valence-electron chi connectivity index (χ1n) is 13.7. The van der Waals surface area contributed by atoms with Gasteiger partial charge in [-0.05, 0) is 36.8 Å². The Kier molecular flexibility index (Phi) is 12.9. The Morgan fingerprint density at radius 1 is 0.932 bits per heavy atom. The van der Waals surface area contributed by atoms with E-state index in [0.717, 1.165) is 29.1 Å². The minimum absolute atomic E-state index is 0.124. The fourth-order valence-electron chi connectivity index (χ4n) is 3.79. The van der Waals surface area contributed by atoms with E-state index >= 15 is 0 Å². The van der Waals surface area contributed by atoms with Crippen molar-refractivity contribution >= 4 is 23.6 Å². The van der Waals surface area contributed by atoms with Gasteiger partial charge >= 0.3 is 12.1 Å². The normalized spacial score (nSPS) is 11.4. The average molecular weight is 611 g/mol. The quantitative estimate of drug-likeness (QED) is 0.159. The van der Waals surface area contributed by atoms with Crippen molar-refractivity contribution in [3.63, 3.8) is 0 Å². The summed E-state index contributed by atoms with van der Waals surface area (Å²) in [4.78, 5) is 35.5. The molecule has 0 aliphatic carbocycles. The van der Waals surface area contributed by atoms with Crippen molar-refractivity contribution in [2.24, 2.45) is 0 Å². The molecule has 0 spiro atoms. The highest BCUT2D eigenvalue weighted by Gasteiger charge is 2.38. The number of hydrogen-bond acceptors (Lipinski definition) is 8. The number of aliphatic carboxylic acids is 1. The van der Waals surface area contributed by atoms with Crippen LogP contribution in [0.1, 0.15) is 17.0 Å². The van der Waals surface area contributed by atoms with Gasteiger partial charge < -0.3 is 25.8 Å². The van der Waals surface area contributed by atoms with Gasteiger partial charge in [-0.1, -0.05) is 54.6 Å². The number of carbonyl (C=O) groups excluding carboxylic acids is 1. The lowest BCUT2D eigenvalue weighted by molar-refractivity contribution is -0.192. The van der Waals surface area contributed by atoms with Crippen LogP contribution in [-0.4, -0.2) is 63.8 Å². The van der Waals surface area contributed by atoms with Gasteiger partial charge in [0.2, 0.25) is 11.9 Å². The Balaban J connectivity index is 0.000000676. The van der Waals surface area contributed by atoms with Gasteiger partial charge in [0.1, 0.15) is 24.2 Å². The number of rotatable bonds is 13. The number of anilines is 2. The molecule has 4 aromatic rings. The largest absolute Gasteiger partial charge is 0.492 e. The van der Waals surface area contributed by atoms with Crippen LogP contribution >= 0.6 is 0 Å². The maximum absolute atomic E-state index is 13.2. The van der Waals surface area contributed by atoms with Gasteiger partial charge in [-0.2, -0.15) is 18.2 Å². The van der Waals surface area contributed by atoms with Crippen molar-refractivity contribution in [3.05, 3.63) is 108 Å². The van der Waals surface area contributed by atoms with Gasteiger partial charge in [0.25, 0.3) is 0 Å². The van der Waals surface area contributed by atoms with Crippen LogP contribution in [0, 0.1) is 6.92 Å². The summed E-state index contributed by atoms with van der Waals surface area (Å²) in [6.07, 6.45) is -2.03. The number of amides is 1. The number of para-hydroxylation sites is 1. The van der Waals surface area contributed by atoms with Crippen molar-refractivity contribution in [3.8, 4) is 5.75 Å². The summed E-state index contributed by atoms with van der Waals surface area (Å²) < 4.78 is 37.4. The van der Waals surface area contributed by atoms with Gasteiger partial charge in [-0.3, -0.25) is 9.78 Å². The van der Waals surface area contributed by atoms with E-state index in [-0.39, 0.29) is 5.91 Å². The Hall–Kier alpha value is -5.20. The molecule has 0 unspecified atom stereocenters. The molecule has 0 aliphatic rings. The summed E-state index contributed by atoms with van der Waals surface area (Å²) in [5.74, 6) is -1.01. The van der Waals surface area contributed by atoms with E-state index in [4.69, 9.17) is 14.6 Å². The van der Waals surface area contributed by atoms with Crippen molar-refractivity contribution in [1.29, 1.82) is 0 Å². The number of carboxylic acid groups (broad SMARTS) is 1. The summed E-state index contributed by atoms with van der Waals surface area (Å²) in [5, 5.41) is 16.7. The van der Waals surface area contributed by atoms with Crippen LogP contribution in [0.2, 0.25) is 0 Å². The zero-order valence-corrected chi connectivity index (χ0v) is 23.9. The first-order chi connectivity index (χ1) is 21.1. The summed E-state index contributed by atoms with van der Waals surface area (Å²) in [5.41, 5.74) is 2.85. The molecule has 1 amide bonds. The van der Waals surface area contributed by atoms with Crippen LogP contribution in [-0.2, 0) is 22.4 Å². The highest BCUT2D eigenvalue weighted by atomic mass is 19.4. The average Bonchev–Trinajstić information content (AvgIpc) is 3.00. The maximum Gasteiger partial charge on any atom is 0.490 e. The van der Waals surface area contributed by atoms with E-state index in [1.54, 1.807) is 6.20 Å². The van der Waals surface area contributed by atoms with Crippen molar-refractivity contribution in [2.45, 2.75) is 32.0 Å². The smallest absolute Gasteiger partial charge is 0.490 e. The molecule has 44 heavy (non-hydrogen) atoms.